The molecule has 1 fully saturated rings. The van der Waals surface area contributed by atoms with E-state index >= 15 is 0 Å². The molecule has 0 atom stereocenters. The number of fused-ring (bicyclic) bond motifs is 1. The minimum absolute atomic E-state index is 0.586. The minimum Gasteiger partial charge on any atom is -0.467 e. The second-order valence-corrected chi connectivity index (χ2v) is 8.15. The van der Waals surface area contributed by atoms with Crippen LogP contribution in [0.4, 0.5) is 11.8 Å². The van der Waals surface area contributed by atoms with Crippen LogP contribution < -0.4 is 10.2 Å². The van der Waals surface area contributed by atoms with Crippen LogP contribution in [-0.4, -0.2) is 41.0 Å². The van der Waals surface area contributed by atoms with Gasteiger partial charge in [0.05, 0.1) is 18.3 Å². The van der Waals surface area contributed by atoms with Gasteiger partial charge in [0.25, 0.3) is 0 Å². The van der Waals surface area contributed by atoms with Crippen LogP contribution in [0.25, 0.3) is 10.9 Å². The van der Waals surface area contributed by atoms with Gasteiger partial charge >= 0.3 is 0 Å². The molecule has 0 radical (unpaired) electrons. The molecule has 0 saturated carbocycles. The number of hydrogen-bond donors (Lipinski definition) is 1. The van der Waals surface area contributed by atoms with Crippen molar-refractivity contribution in [2.75, 3.05) is 36.4 Å². The molecule has 1 aliphatic heterocycles. The van der Waals surface area contributed by atoms with E-state index in [1.54, 1.807) is 6.26 Å². The summed E-state index contributed by atoms with van der Waals surface area (Å²) >= 11 is 6.00. The van der Waals surface area contributed by atoms with Crippen LogP contribution in [-0.2, 0) is 13.1 Å². The summed E-state index contributed by atoms with van der Waals surface area (Å²) in [4.78, 5) is 14.4. The largest absolute Gasteiger partial charge is 0.467 e. The number of para-hydroxylation sites is 1. The maximum atomic E-state index is 6.00. The van der Waals surface area contributed by atoms with Crippen LogP contribution in [0, 0.1) is 0 Å². The summed E-state index contributed by atoms with van der Waals surface area (Å²) < 4.78 is 5.45. The molecule has 0 bridgehead atoms. The van der Waals surface area contributed by atoms with Crippen LogP contribution in [0.2, 0.25) is 5.02 Å². The van der Waals surface area contributed by atoms with Gasteiger partial charge in [0.15, 0.2) is 0 Å². The lowest BCUT2D eigenvalue weighted by Gasteiger charge is -2.35. The molecule has 7 heteroatoms. The van der Waals surface area contributed by atoms with Crippen molar-refractivity contribution >= 4 is 34.3 Å². The highest BCUT2D eigenvalue weighted by molar-refractivity contribution is 6.30. The van der Waals surface area contributed by atoms with E-state index in [0.717, 1.165) is 66.2 Å². The molecular formula is C24H24ClN5O. The predicted octanol–water partition coefficient (Wildman–Crippen LogP) is 4.81. The zero-order valence-corrected chi connectivity index (χ0v) is 17.9. The highest BCUT2D eigenvalue weighted by atomic mass is 35.5. The number of anilines is 2. The molecular weight excluding hydrogens is 410 g/mol. The number of rotatable bonds is 6. The van der Waals surface area contributed by atoms with Gasteiger partial charge in [0.1, 0.15) is 11.6 Å². The molecule has 0 spiro atoms. The van der Waals surface area contributed by atoms with E-state index in [1.807, 2.05) is 48.5 Å². The van der Waals surface area contributed by atoms with Crippen molar-refractivity contribution in [3.63, 3.8) is 0 Å². The first kappa shape index (κ1) is 19.8. The second kappa shape index (κ2) is 8.96. The van der Waals surface area contributed by atoms with Crippen molar-refractivity contribution in [3.8, 4) is 0 Å². The molecule has 2 aromatic carbocycles. The lowest BCUT2D eigenvalue weighted by atomic mass is 10.2. The molecule has 4 aromatic rings. The minimum atomic E-state index is 0.586. The first-order valence-electron chi connectivity index (χ1n) is 10.5. The lowest BCUT2D eigenvalue weighted by molar-refractivity contribution is 0.249. The molecule has 1 saturated heterocycles. The van der Waals surface area contributed by atoms with Gasteiger partial charge in [0, 0.05) is 43.1 Å². The van der Waals surface area contributed by atoms with Gasteiger partial charge in [-0.3, -0.25) is 4.90 Å². The average molecular weight is 434 g/mol. The third kappa shape index (κ3) is 4.65. The smallest absolute Gasteiger partial charge is 0.227 e. The van der Waals surface area contributed by atoms with Gasteiger partial charge in [0.2, 0.25) is 5.95 Å². The normalized spacial score (nSPS) is 14.8. The Bertz CT molecular complexity index is 1140. The Hall–Kier alpha value is -3.09. The van der Waals surface area contributed by atoms with E-state index in [1.165, 1.54) is 5.56 Å². The van der Waals surface area contributed by atoms with E-state index < -0.39 is 0 Å². The third-order valence-electron chi connectivity index (χ3n) is 5.58. The molecule has 0 unspecified atom stereocenters. The standard InChI is InChI=1S/C24H24ClN5O/c25-19-9-7-18(8-10-19)17-29-11-13-30(14-12-29)24-27-22-6-2-1-5-21(22)23(28-24)26-16-20-4-3-15-31-20/h1-10,15H,11-14,16-17H2,(H,26,27,28). The number of nitrogens with zero attached hydrogens (tertiary/aromatic N) is 4. The summed E-state index contributed by atoms with van der Waals surface area (Å²) in [7, 11) is 0. The summed E-state index contributed by atoms with van der Waals surface area (Å²) in [6.45, 7) is 5.23. The van der Waals surface area contributed by atoms with Crippen LogP contribution in [0.15, 0.2) is 71.3 Å². The SMILES string of the molecule is Clc1ccc(CN2CCN(c3nc(NCc4ccco4)c4ccccc4n3)CC2)cc1. The predicted molar refractivity (Wildman–Crippen MR) is 125 cm³/mol. The quantitative estimate of drug-likeness (QED) is 0.471. The van der Waals surface area contributed by atoms with Gasteiger partial charge in [-0.1, -0.05) is 35.9 Å². The molecule has 3 heterocycles. The van der Waals surface area contributed by atoms with E-state index in [2.05, 4.69) is 27.2 Å². The highest BCUT2D eigenvalue weighted by Gasteiger charge is 2.20. The average Bonchev–Trinajstić information content (AvgIpc) is 3.33. The molecule has 0 aliphatic carbocycles. The molecule has 1 N–H and O–H groups in total. The van der Waals surface area contributed by atoms with Gasteiger partial charge in [-0.05, 0) is 42.0 Å². The lowest BCUT2D eigenvalue weighted by Crippen LogP contribution is -2.46. The number of furan rings is 1. The zero-order chi connectivity index (χ0) is 21.0. The Morgan fingerprint density at radius 3 is 2.48 bits per heavy atom. The molecule has 158 valence electrons. The van der Waals surface area contributed by atoms with Crippen LogP contribution in [0.5, 0.6) is 0 Å². The Balaban J connectivity index is 1.30. The van der Waals surface area contributed by atoms with Crippen molar-refractivity contribution in [2.45, 2.75) is 13.1 Å². The number of nitrogens with one attached hydrogen (secondary N) is 1. The molecule has 5 rings (SSSR count). The van der Waals surface area contributed by atoms with Crippen LogP contribution in [0.3, 0.4) is 0 Å². The third-order valence-corrected chi connectivity index (χ3v) is 5.83. The number of aromatic nitrogens is 2. The topological polar surface area (TPSA) is 57.4 Å². The van der Waals surface area contributed by atoms with E-state index in [9.17, 15) is 0 Å². The van der Waals surface area contributed by atoms with E-state index in [0.29, 0.717) is 6.54 Å². The van der Waals surface area contributed by atoms with Crippen molar-refractivity contribution in [1.29, 1.82) is 0 Å². The zero-order valence-electron chi connectivity index (χ0n) is 17.2. The van der Waals surface area contributed by atoms with E-state index in [-0.39, 0.29) is 0 Å². The Morgan fingerprint density at radius 1 is 0.903 bits per heavy atom. The number of hydrogen-bond acceptors (Lipinski definition) is 6. The summed E-state index contributed by atoms with van der Waals surface area (Å²) in [5.74, 6) is 2.48. The highest BCUT2D eigenvalue weighted by Crippen LogP contribution is 2.25. The first-order valence-corrected chi connectivity index (χ1v) is 10.9. The summed E-state index contributed by atoms with van der Waals surface area (Å²) in [6, 6.07) is 20.1. The van der Waals surface area contributed by atoms with Crippen molar-refractivity contribution < 1.29 is 4.42 Å². The van der Waals surface area contributed by atoms with Crippen LogP contribution >= 0.6 is 11.6 Å². The Kier molecular flexibility index (Phi) is 5.74. The monoisotopic (exact) mass is 433 g/mol. The van der Waals surface area contributed by atoms with Gasteiger partial charge < -0.3 is 14.6 Å². The van der Waals surface area contributed by atoms with Gasteiger partial charge in [-0.25, -0.2) is 4.98 Å². The Labute approximate surface area is 186 Å². The van der Waals surface area contributed by atoms with Gasteiger partial charge in [-0.15, -0.1) is 0 Å². The molecule has 2 aromatic heterocycles. The molecule has 1 aliphatic rings. The molecule has 31 heavy (non-hydrogen) atoms. The fourth-order valence-corrected chi connectivity index (χ4v) is 4.00. The fraction of sp³-hybridized carbons (Fsp3) is 0.250. The summed E-state index contributed by atoms with van der Waals surface area (Å²) in [5, 5.41) is 5.21. The number of halogens is 1. The summed E-state index contributed by atoms with van der Waals surface area (Å²) in [6.07, 6.45) is 1.68. The van der Waals surface area contributed by atoms with E-state index in [4.69, 9.17) is 26.0 Å². The molecule has 6 nitrogen and oxygen atoms in total. The summed E-state index contributed by atoms with van der Waals surface area (Å²) in [5.41, 5.74) is 2.22. The van der Waals surface area contributed by atoms with Crippen molar-refractivity contribution in [1.82, 2.24) is 14.9 Å². The second-order valence-electron chi connectivity index (χ2n) is 7.71. The van der Waals surface area contributed by atoms with Crippen molar-refractivity contribution in [3.05, 3.63) is 83.3 Å². The van der Waals surface area contributed by atoms with Crippen molar-refractivity contribution in [2.24, 2.45) is 0 Å². The Morgan fingerprint density at radius 2 is 1.71 bits per heavy atom. The number of benzene rings is 2. The molecule has 0 amide bonds. The maximum absolute atomic E-state index is 6.00. The van der Waals surface area contributed by atoms with Gasteiger partial charge in [-0.2, -0.15) is 4.98 Å². The van der Waals surface area contributed by atoms with Crippen LogP contribution in [0.1, 0.15) is 11.3 Å². The first-order chi connectivity index (χ1) is 15.2. The fourth-order valence-electron chi connectivity index (χ4n) is 3.88. The number of piperazine rings is 1. The maximum Gasteiger partial charge on any atom is 0.227 e.